The smallest absolute Gasteiger partial charge is 0.368 e. The highest BCUT2D eigenvalue weighted by Crippen LogP contribution is 2.31. The SMILES string of the molecule is O=c1n(CCCC2CCCCC2)nnn1-c1ccc(S(=O)(=O)Nc2ccc3c(c2)CC[C@H](CN(O)CCc2cccnc2)O3)cc1. The molecule has 46 heavy (non-hydrogen) atoms. The Balaban J connectivity index is 1.02. The van der Waals surface area contributed by atoms with Crippen molar-refractivity contribution in [1.29, 1.82) is 0 Å². The number of tetrazole rings is 1. The summed E-state index contributed by atoms with van der Waals surface area (Å²) in [7, 11) is -3.89. The first-order valence-electron chi connectivity index (χ1n) is 16.1. The molecular formula is C33H41N7O5S. The summed E-state index contributed by atoms with van der Waals surface area (Å²) in [5.41, 5.74) is 2.48. The van der Waals surface area contributed by atoms with Crippen molar-refractivity contribution in [2.24, 2.45) is 5.92 Å². The van der Waals surface area contributed by atoms with Crippen LogP contribution in [0.25, 0.3) is 5.69 Å². The van der Waals surface area contributed by atoms with E-state index in [-0.39, 0.29) is 16.7 Å². The van der Waals surface area contributed by atoms with Crippen molar-refractivity contribution in [3.8, 4) is 11.4 Å². The van der Waals surface area contributed by atoms with Crippen LogP contribution in [0.2, 0.25) is 0 Å². The summed E-state index contributed by atoms with van der Waals surface area (Å²) >= 11 is 0. The second-order valence-electron chi connectivity index (χ2n) is 12.3. The summed E-state index contributed by atoms with van der Waals surface area (Å²) in [4.78, 5) is 17.1. The fourth-order valence-corrected chi connectivity index (χ4v) is 7.38. The average Bonchev–Trinajstić information content (AvgIpc) is 3.44. The highest BCUT2D eigenvalue weighted by molar-refractivity contribution is 7.92. The number of sulfonamides is 1. The fourth-order valence-electron chi connectivity index (χ4n) is 6.33. The second-order valence-corrected chi connectivity index (χ2v) is 13.9. The van der Waals surface area contributed by atoms with Gasteiger partial charge in [0.2, 0.25) is 0 Å². The lowest BCUT2D eigenvalue weighted by atomic mass is 9.86. The standard InChI is InChI=1S/C33H41N7O5S/c41-33-39(20-5-9-25-6-2-1-3-7-25)36-37-40(33)29-12-15-31(16-13-29)46(43,44)35-28-11-17-32-27(22-28)10-14-30(45-32)24-38(42)21-18-26-8-4-19-34-23-26/h4,8,11-13,15-17,19,22-23,25,30,35,42H,1-3,5-7,9-10,14,18,20-21,24H2/t30-/m1/s1. The molecule has 2 aromatic carbocycles. The van der Waals surface area contributed by atoms with E-state index in [0.717, 1.165) is 29.9 Å². The van der Waals surface area contributed by atoms with E-state index in [1.807, 2.05) is 12.1 Å². The largest absolute Gasteiger partial charge is 0.489 e. The van der Waals surface area contributed by atoms with Crippen molar-refractivity contribution in [3.63, 3.8) is 0 Å². The molecule has 1 saturated carbocycles. The number of aromatic nitrogens is 5. The molecular weight excluding hydrogens is 606 g/mol. The van der Waals surface area contributed by atoms with Crippen LogP contribution in [0.4, 0.5) is 5.69 Å². The van der Waals surface area contributed by atoms with Crippen LogP contribution >= 0.6 is 0 Å². The van der Waals surface area contributed by atoms with E-state index >= 15 is 0 Å². The van der Waals surface area contributed by atoms with Gasteiger partial charge in [-0.25, -0.2) is 13.2 Å². The summed E-state index contributed by atoms with van der Waals surface area (Å²) in [6, 6.07) is 15.1. The van der Waals surface area contributed by atoms with E-state index in [0.29, 0.717) is 56.0 Å². The third kappa shape index (κ3) is 8.01. The number of fused-ring (bicyclic) bond motifs is 1. The molecule has 0 spiro atoms. The quantitative estimate of drug-likeness (QED) is 0.199. The van der Waals surface area contributed by atoms with Crippen molar-refractivity contribution in [3.05, 3.63) is 88.6 Å². The molecule has 0 amide bonds. The Kier molecular flexibility index (Phi) is 10.1. The maximum atomic E-state index is 13.2. The number of hydrogen-bond acceptors (Lipinski definition) is 9. The predicted molar refractivity (Wildman–Crippen MR) is 173 cm³/mol. The van der Waals surface area contributed by atoms with Crippen molar-refractivity contribution < 1.29 is 18.4 Å². The van der Waals surface area contributed by atoms with Gasteiger partial charge in [0.05, 0.1) is 17.1 Å². The van der Waals surface area contributed by atoms with Gasteiger partial charge in [0, 0.05) is 31.2 Å². The number of benzene rings is 2. The maximum Gasteiger partial charge on any atom is 0.368 e. The second kappa shape index (κ2) is 14.6. The minimum absolute atomic E-state index is 0.0625. The zero-order valence-electron chi connectivity index (χ0n) is 25.9. The Bertz CT molecular complexity index is 1750. The number of nitrogens with zero attached hydrogens (tertiary/aromatic N) is 6. The summed E-state index contributed by atoms with van der Waals surface area (Å²) in [5.74, 6) is 1.42. The number of anilines is 1. The molecule has 0 radical (unpaired) electrons. The van der Waals surface area contributed by atoms with E-state index in [2.05, 4.69) is 20.1 Å². The van der Waals surface area contributed by atoms with Gasteiger partial charge >= 0.3 is 5.69 Å². The van der Waals surface area contributed by atoms with Crippen molar-refractivity contribution >= 4 is 15.7 Å². The average molecular weight is 648 g/mol. The highest BCUT2D eigenvalue weighted by Gasteiger charge is 2.23. The van der Waals surface area contributed by atoms with E-state index < -0.39 is 10.0 Å². The van der Waals surface area contributed by atoms with Crippen LogP contribution in [0.3, 0.4) is 0 Å². The lowest BCUT2D eigenvalue weighted by Gasteiger charge is -2.29. The van der Waals surface area contributed by atoms with Gasteiger partial charge < -0.3 is 9.94 Å². The van der Waals surface area contributed by atoms with Gasteiger partial charge in [0.25, 0.3) is 10.0 Å². The van der Waals surface area contributed by atoms with Crippen molar-refractivity contribution in [2.45, 2.75) is 81.8 Å². The summed E-state index contributed by atoms with van der Waals surface area (Å²) in [5, 5.41) is 19.7. The first kappa shape index (κ1) is 31.9. The Labute approximate surface area is 269 Å². The highest BCUT2D eigenvalue weighted by atomic mass is 32.2. The molecule has 2 aromatic heterocycles. The molecule has 3 heterocycles. The van der Waals surface area contributed by atoms with Crippen LogP contribution in [0.1, 0.15) is 62.5 Å². The van der Waals surface area contributed by atoms with Crippen LogP contribution in [-0.4, -0.2) is 62.7 Å². The summed E-state index contributed by atoms with van der Waals surface area (Å²) < 4.78 is 37.7. The molecule has 4 aromatic rings. The third-order valence-electron chi connectivity index (χ3n) is 8.88. The van der Waals surface area contributed by atoms with Crippen LogP contribution in [-0.2, 0) is 29.4 Å². The van der Waals surface area contributed by atoms with Gasteiger partial charge in [-0.3, -0.25) is 9.71 Å². The van der Waals surface area contributed by atoms with E-state index in [4.69, 9.17) is 4.74 Å². The van der Waals surface area contributed by atoms with Gasteiger partial charge in [-0.1, -0.05) is 38.2 Å². The summed E-state index contributed by atoms with van der Waals surface area (Å²) in [6.07, 6.45) is 13.8. The van der Waals surface area contributed by atoms with Crippen molar-refractivity contribution in [2.75, 3.05) is 17.8 Å². The van der Waals surface area contributed by atoms with Gasteiger partial charge in [0.1, 0.15) is 11.9 Å². The minimum atomic E-state index is -3.89. The van der Waals surface area contributed by atoms with Crippen LogP contribution in [0.15, 0.2) is 76.7 Å². The molecule has 0 bridgehead atoms. The normalized spacial score (nSPS) is 17.0. The minimum Gasteiger partial charge on any atom is -0.489 e. The molecule has 1 aliphatic carbocycles. The molecule has 6 rings (SSSR count). The molecule has 2 N–H and O–H groups in total. The summed E-state index contributed by atoms with van der Waals surface area (Å²) in [6.45, 7) is 1.36. The Hall–Kier alpha value is -4.07. The number of hydrogen-bond donors (Lipinski definition) is 2. The topological polar surface area (TPSA) is 144 Å². The van der Waals surface area contributed by atoms with Crippen LogP contribution < -0.4 is 15.1 Å². The number of hydroxylamine groups is 2. The number of pyridine rings is 1. The molecule has 1 fully saturated rings. The first-order chi connectivity index (χ1) is 22.3. The number of ether oxygens (including phenoxy) is 1. The van der Waals surface area contributed by atoms with Crippen LogP contribution in [0.5, 0.6) is 5.75 Å². The van der Waals surface area contributed by atoms with Gasteiger partial charge in [0.15, 0.2) is 0 Å². The lowest BCUT2D eigenvalue weighted by Crippen LogP contribution is -2.36. The van der Waals surface area contributed by atoms with Crippen LogP contribution in [0, 0.1) is 5.92 Å². The molecule has 0 saturated heterocycles. The maximum absolute atomic E-state index is 13.2. The molecule has 1 atom stereocenters. The Morgan fingerprint density at radius 1 is 1.02 bits per heavy atom. The van der Waals surface area contributed by atoms with Gasteiger partial charge in [-0.2, -0.15) is 14.4 Å². The molecule has 244 valence electrons. The Morgan fingerprint density at radius 3 is 2.63 bits per heavy atom. The molecule has 0 unspecified atom stereocenters. The van der Waals surface area contributed by atoms with E-state index in [1.165, 1.54) is 58.7 Å². The number of rotatable bonds is 13. The zero-order chi connectivity index (χ0) is 31.9. The third-order valence-corrected chi connectivity index (χ3v) is 10.3. The first-order valence-corrected chi connectivity index (χ1v) is 17.6. The van der Waals surface area contributed by atoms with E-state index in [9.17, 15) is 18.4 Å². The number of aryl methyl sites for hydroxylation is 2. The molecule has 13 heteroatoms. The molecule has 2 aliphatic rings. The zero-order valence-corrected chi connectivity index (χ0v) is 26.7. The monoisotopic (exact) mass is 647 g/mol. The van der Waals surface area contributed by atoms with Gasteiger partial charge in [-0.05, 0) is 108 Å². The fraction of sp³-hybridized carbons (Fsp3) is 0.455. The lowest BCUT2D eigenvalue weighted by molar-refractivity contribution is -0.110. The number of nitrogens with one attached hydrogen (secondary N) is 1. The van der Waals surface area contributed by atoms with Crippen molar-refractivity contribution in [1.82, 2.24) is 29.8 Å². The molecule has 1 aliphatic heterocycles. The Morgan fingerprint density at radius 2 is 1.85 bits per heavy atom. The van der Waals surface area contributed by atoms with E-state index in [1.54, 1.807) is 42.7 Å². The molecule has 12 nitrogen and oxygen atoms in total. The predicted octanol–water partition coefficient (Wildman–Crippen LogP) is 4.61. The van der Waals surface area contributed by atoms with Gasteiger partial charge in [-0.15, -0.1) is 0 Å².